The Labute approximate surface area is 180 Å². The number of nitrogens with one attached hydrogen (secondary N) is 1. The Bertz CT molecular complexity index is 1250. The van der Waals surface area contributed by atoms with E-state index >= 15 is 0 Å². The first kappa shape index (κ1) is 18.7. The van der Waals surface area contributed by atoms with Crippen LogP contribution in [0.2, 0.25) is 0 Å². The number of hydrogen-bond donors (Lipinski definition) is 1. The Morgan fingerprint density at radius 3 is 1.52 bits per heavy atom. The van der Waals surface area contributed by atoms with Crippen molar-refractivity contribution in [1.29, 1.82) is 0 Å². The molecule has 0 bridgehead atoms. The second-order valence-electron chi connectivity index (χ2n) is 7.14. The molecule has 0 unspecified atom stereocenters. The van der Waals surface area contributed by atoms with Gasteiger partial charge in [-0.1, -0.05) is 115 Å². The maximum Gasteiger partial charge on any atom is 0.180 e. The number of H-pyrrole nitrogens is 1. The largest absolute Gasteiger partial charge is 0.239 e. The zero-order valence-electron chi connectivity index (χ0n) is 16.8. The topological polar surface area (TPSA) is 54.5 Å². The molecule has 31 heavy (non-hydrogen) atoms. The number of rotatable bonds is 5. The molecular formula is C27H20N4. The van der Waals surface area contributed by atoms with Crippen molar-refractivity contribution in [3.8, 4) is 11.4 Å². The SMILES string of the molecule is c1ccc(C(=C(c2ccccc2)c2ccccc2-c2nnn[nH]2)c2ccccc2)cc1. The van der Waals surface area contributed by atoms with Gasteiger partial charge < -0.3 is 0 Å². The number of aromatic nitrogens is 4. The van der Waals surface area contributed by atoms with E-state index < -0.39 is 0 Å². The highest BCUT2D eigenvalue weighted by atomic mass is 15.5. The second kappa shape index (κ2) is 8.59. The van der Waals surface area contributed by atoms with Crippen LogP contribution in [-0.2, 0) is 0 Å². The van der Waals surface area contributed by atoms with Crippen LogP contribution in [0.15, 0.2) is 115 Å². The van der Waals surface area contributed by atoms with E-state index in [4.69, 9.17) is 0 Å². The average Bonchev–Trinajstić information content (AvgIpc) is 3.39. The van der Waals surface area contributed by atoms with Gasteiger partial charge in [-0.25, -0.2) is 5.10 Å². The van der Waals surface area contributed by atoms with Gasteiger partial charge in [0, 0.05) is 5.56 Å². The number of hydrogen-bond acceptors (Lipinski definition) is 3. The van der Waals surface area contributed by atoms with E-state index in [0.717, 1.165) is 39.0 Å². The number of benzene rings is 4. The van der Waals surface area contributed by atoms with Crippen LogP contribution in [0.5, 0.6) is 0 Å². The van der Waals surface area contributed by atoms with Crippen molar-refractivity contribution in [2.75, 3.05) is 0 Å². The minimum atomic E-state index is 0.643. The third-order valence-electron chi connectivity index (χ3n) is 5.23. The zero-order chi connectivity index (χ0) is 20.9. The molecule has 0 radical (unpaired) electrons. The van der Waals surface area contributed by atoms with Crippen LogP contribution in [0.1, 0.15) is 22.3 Å². The summed E-state index contributed by atoms with van der Waals surface area (Å²) < 4.78 is 0. The molecular weight excluding hydrogens is 380 g/mol. The van der Waals surface area contributed by atoms with Crippen LogP contribution < -0.4 is 0 Å². The number of tetrazole rings is 1. The second-order valence-corrected chi connectivity index (χ2v) is 7.14. The molecule has 0 aliphatic rings. The quantitative estimate of drug-likeness (QED) is 0.375. The van der Waals surface area contributed by atoms with Gasteiger partial charge >= 0.3 is 0 Å². The highest BCUT2D eigenvalue weighted by molar-refractivity contribution is 6.06. The molecule has 1 N–H and O–H groups in total. The average molecular weight is 400 g/mol. The number of aromatic amines is 1. The molecule has 0 aliphatic heterocycles. The number of nitrogens with zero attached hydrogens (tertiary/aromatic N) is 3. The van der Waals surface area contributed by atoms with Crippen LogP contribution in [0, 0.1) is 0 Å². The summed E-state index contributed by atoms with van der Waals surface area (Å²) in [6.07, 6.45) is 0. The summed E-state index contributed by atoms with van der Waals surface area (Å²) in [5, 5.41) is 14.7. The van der Waals surface area contributed by atoms with Crippen molar-refractivity contribution in [1.82, 2.24) is 20.6 Å². The van der Waals surface area contributed by atoms with Gasteiger partial charge in [-0.3, -0.25) is 0 Å². The van der Waals surface area contributed by atoms with E-state index in [1.807, 2.05) is 30.3 Å². The van der Waals surface area contributed by atoms with Crippen molar-refractivity contribution < 1.29 is 0 Å². The standard InChI is InChI=1S/C27H20N4/c1-4-12-20(13-5-1)25(21-14-6-2-7-15-21)26(22-16-8-3-9-17-22)23-18-10-11-19-24(23)27-28-30-31-29-27/h1-19H,(H,28,29,30,31). The molecule has 0 saturated heterocycles. The van der Waals surface area contributed by atoms with Gasteiger partial charge in [0.05, 0.1) is 0 Å². The smallest absolute Gasteiger partial charge is 0.180 e. The third kappa shape index (κ3) is 3.79. The minimum Gasteiger partial charge on any atom is -0.239 e. The van der Waals surface area contributed by atoms with Crippen molar-refractivity contribution in [3.63, 3.8) is 0 Å². The van der Waals surface area contributed by atoms with Crippen LogP contribution >= 0.6 is 0 Å². The first-order chi connectivity index (χ1) is 15.4. The van der Waals surface area contributed by atoms with E-state index in [2.05, 4.69) is 106 Å². The molecule has 0 spiro atoms. The Morgan fingerprint density at radius 2 is 1.00 bits per heavy atom. The van der Waals surface area contributed by atoms with E-state index in [1.165, 1.54) is 0 Å². The normalized spacial score (nSPS) is 10.6. The fourth-order valence-electron chi connectivity index (χ4n) is 3.89. The Kier molecular flexibility index (Phi) is 5.18. The molecule has 0 atom stereocenters. The van der Waals surface area contributed by atoms with E-state index in [-0.39, 0.29) is 0 Å². The zero-order valence-corrected chi connectivity index (χ0v) is 16.8. The maximum absolute atomic E-state index is 4.19. The lowest BCUT2D eigenvalue weighted by atomic mass is 9.84. The van der Waals surface area contributed by atoms with Crippen LogP contribution in [-0.4, -0.2) is 20.6 Å². The lowest BCUT2D eigenvalue weighted by Crippen LogP contribution is -1.99. The highest BCUT2D eigenvalue weighted by Crippen LogP contribution is 2.39. The Morgan fingerprint density at radius 1 is 0.516 bits per heavy atom. The minimum absolute atomic E-state index is 0.643. The summed E-state index contributed by atoms with van der Waals surface area (Å²) in [7, 11) is 0. The summed E-state index contributed by atoms with van der Waals surface area (Å²) in [5.74, 6) is 0.643. The molecule has 1 aromatic heterocycles. The first-order valence-corrected chi connectivity index (χ1v) is 10.2. The molecule has 1 heterocycles. The van der Waals surface area contributed by atoms with Gasteiger partial charge in [0.25, 0.3) is 0 Å². The molecule has 0 fully saturated rings. The predicted octanol–water partition coefficient (Wildman–Crippen LogP) is 5.87. The van der Waals surface area contributed by atoms with Gasteiger partial charge in [-0.15, -0.1) is 5.10 Å². The highest BCUT2D eigenvalue weighted by Gasteiger charge is 2.19. The molecule has 5 aromatic rings. The fourth-order valence-corrected chi connectivity index (χ4v) is 3.89. The molecule has 4 nitrogen and oxygen atoms in total. The Balaban J connectivity index is 1.90. The lowest BCUT2D eigenvalue weighted by molar-refractivity contribution is 0.881. The van der Waals surface area contributed by atoms with Gasteiger partial charge in [-0.05, 0) is 43.8 Å². The van der Waals surface area contributed by atoms with Crippen LogP contribution in [0.25, 0.3) is 22.5 Å². The molecule has 0 saturated carbocycles. The maximum atomic E-state index is 4.19. The summed E-state index contributed by atoms with van der Waals surface area (Å²) in [5.41, 5.74) is 7.74. The summed E-state index contributed by atoms with van der Waals surface area (Å²) in [4.78, 5) is 0. The van der Waals surface area contributed by atoms with Crippen molar-refractivity contribution >= 4 is 11.1 Å². The van der Waals surface area contributed by atoms with E-state index in [1.54, 1.807) is 0 Å². The van der Waals surface area contributed by atoms with Crippen molar-refractivity contribution in [2.45, 2.75) is 0 Å². The Hall–Kier alpha value is -4.31. The first-order valence-electron chi connectivity index (χ1n) is 10.2. The third-order valence-corrected chi connectivity index (χ3v) is 5.23. The van der Waals surface area contributed by atoms with Gasteiger partial charge in [0.1, 0.15) is 0 Å². The van der Waals surface area contributed by atoms with Crippen LogP contribution in [0.3, 0.4) is 0 Å². The van der Waals surface area contributed by atoms with Crippen molar-refractivity contribution in [2.24, 2.45) is 0 Å². The fraction of sp³-hybridized carbons (Fsp3) is 0. The molecule has 4 heteroatoms. The molecule has 4 aromatic carbocycles. The van der Waals surface area contributed by atoms with Gasteiger partial charge in [0.15, 0.2) is 5.82 Å². The van der Waals surface area contributed by atoms with E-state index in [0.29, 0.717) is 5.82 Å². The van der Waals surface area contributed by atoms with Gasteiger partial charge in [0.2, 0.25) is 0 Å². The van der Waals surface area contributed by atoms with Crippen molar-refractivity contribution in [3.05, 3.63) is 138 Å². The van der Waals surface area contributed by atoms with Gasteiger partial charge in [-0.2, -0.15) is 0 Å². The summed E-state index contributed by atoms with van der Waals surface area (Å²) in [6.45, 7) is 0. The molecule has 0 aliphatic carbocycles. The van der Waals surface area contributed by atoms with Crippen LogP contribution in [0.4, 0.5) is 0 Å². The monoisotopic (exact) mass is 400 g/mol. The van der Waals surface area contributed by atoms with E-state index in [9.17, 15) is 0 Å². The summed E-state index contributed by atoms with van der Waals surface area (Å²) >= 11 is 0. The molecule has 5 rings (SSSR count). The summed E-state index contributed by atoms with van der Waals surface area (Å²) in [6, 6.07) is 39.7. The lowest BCUT2D eigenvalue weighted by Gasteiger charge is -2.19. The predicted molar refractivity (Wildman–Crippen MR) is 124 cm³/mol. The molecule has 0 amide bonds. The molecule has 148 valence electrons.